The number of hydrogen-bond acceptors (Lipinski definition) is 4. The monoisotopic (exact) mass is 341 g/mol. The minimum absolute atomic E-state index is 0. The predicted octanol–water partition coefficient (Wildman–Crippen LogP) is 2.97. The molecule has 0 amide bonds. The molecule has 0 unspecified atom stereocenters. The van der Waals surface area contributed by atoms with Gasteiger partial charge in [-0.15, -0.1) is 0 Å². The molecule has 0 spiro atoms. The molecule has 0 aliphatic carbocycles. The van der Waals surface area contributed by atoms with Gasteiger partial charge in [-0.05, 0) is 12.1 Å². The summed E-state index contributed by atoms with van der Waals surface area (Å²) >= 11 is 0. The Kier molecular flexibility index (Phi) is 12.0. The maximum atomic E-state index is 10.1. The smallest absolute Gasteiger partial charge is 0.507 e. The Morgan fingerprint density at radius 2 is 1.41 bits per heavy atom. The molecule has 0 aliphatic heterocycles. The van der Waals surface area contributed by atoms with Crippen molar-refractivity contribution in [3.8, 4) is 5.75 Å². The van der Waals surface area contributed by atoms with Gasteiger partial charge >= 0.3 is 17.1 Å². The molecule has 0 aliphatic rings. The van der Waals surface area contributed by atoms with E-state index in [1.165, 1.54) is 6.07 Å². The first-order chi connectivity index (χ1) is 10.3. The molecule has 1 aromatic carbocycles. The molecule has 2 aromatic heterocycles. The summed E-state index contributed by atoms with van der Waals surface area (Å²) in [5.41, 5.74) is 0.331. The van der Waals surface area contributed by atoms with Crippen LogP contribution in [0.1, 0.15) is 10.4 Å². The Balaban J connectivity index is 0.000000303. The Bertz CT molecular complexity index is 522. The molecule has 0 bridgehead atoms. The van der Waals surface area contributed by atoms with Gasteiger partial charge in [-0.3, -0.25) is 4.79 Å². The van der Waals surface area contributed by atoms with Gasteiger partial charge in [-0.2, -0.15) is 36.4 Å². The average molecular weight is 342 g/mol. The number of pyridine rings is 2. The molecule has 22 heavy (non-hydrogen) atoms. The zero-order valence-corrected chi connectivity index (χ0v) is 12.5. The number of aldehydes is 1. The van der Waals surface area contributed by atoms with Gasteiger partial charge in [-0.1, -0.05) is 36.9 Å². The van der Waals surface area contributed by atoms with Crippen LogP contribution >= 0.6 is 0 Å². The molecule has 1 N–H and O–H groups in total. The normalized spacial score (nSPS) is 8.00. The first-order valence-corrected chi connectivity index (χ1v) is 6.12. The third-order valence-electron chi connectivity index (χ3n) is 2.10. The van der Waals surface area contributed by atoms with E-state index in [4.69, 9.17) is 5.11 Å². The topological polar surface area (TPSA) is 63.1 Å². The van der Waals surface area contributed by atoms with Crippen molar-refractivity contribution in [2.24, 2.45) is 0 Å². The zero-order valence-electron chi connectivity index (χ0n) is 11.6. The Morgan fingerprint density at radius 1 is 0.864 bits per heavy atom. The van der Waals surface area contributed by atoms with Crippen molar-refractivity contribution in [2.45, 2.75) is 0 Å². The van der Waals surface area contributed by atoms with Gasteiger partial charge in [0.25, 0.3) is 0 Å². The SMILES string of the molecule is O=Cc1ccccc1O.[Cu+2].[c-]1ccccn1.[c-]1ccccn1. The molecule has 0 saturated heterocycles. The number of benzene rings is 1. The molecule has 4 nitrogen and oxygen atoms in total. The van der Waals surface area contributed by atoms with Crippen LogP contribution in [0.15, 0.2) is 73.1 Å². The molecule has 3 rings (SSSR count). The molecule has 0 atom stereocenters. The second-order valence-electron chi connectivity index (χ2n) is 3.59. The third kappa shape index (κ3) is 9.42. The van der Waals surface area contributed by atoms with Crippen LogP contribution < -0.4 is 0 Å². The van der Waals surface area contributed by atoms with E-state index in [1.54, 1.807) is 42.7 Å². The number of nitrogens with zero attached hydrogens (tertiary/aromatic N) is 2. The molecule has 5 heteroatoms. The summed E-state index contributed by atoms with van der Waals surface area (Å²) in [6, 6.07) is 17.4. The first kappa shape index (κ1) is 19.5. The van der Waals surface area contributed by atoms with Crippen LogP contribution in [-0.4, -0.2) is 21.4 Å². The summed E-state index contributed by atoms with van der Waals surface area (Å²) in [4.78, 5) is 17.4. The number of aromatic hydroxyl groups is 1. The summed E-state index contributed by atoms with van der Waals surface area (Å²) in [6.07, 6.45) is 9.29. The van der Waals surface area contributed by atoms with E-state index in [-0.39, 0.29) is 22.8 Å². The van der Waals surface area contributed by atoms with Gasteiger partial charge in [-0.25, -0.2) is 0 Å². The van der Waals surface area contributed by atoms with E-state index in [9.17, 15) is 4.79 Å². The van der Waals surface area contributed by atoms with E-state index < -0.39 is 0 Å². The average Bonchev–Trinajstić information content (AvgIpc) is 2.60. The van der Waals surface area contributed by atoms with Gasteiger partial charge in [0.05, 0.1) is 5.56 Å². The molecule has 2 heterocycles. The van der Waals surface area contributed by atoms with Crippen LogP contribution in [0, 0.1) is 12.4 Å². The molecule has 0 fully saturated rings. The largest absolute Gasteiger partial charge is 2.00 e. The van der Waals surface area contributed by atoms with Crippen molar-refractivity contribution in [1.82, 2.24) is 9.97 Å². The predicted molar refractivity (Wildman–Crippen MR) is 79.6 cm³/mol. The summed E-state index contributed by atoms with van der Waals surface area (Å²) in [5, 5.41) is 8.88. The van der Waals surface area contributed by atoms with Crippen molar-refractivity contribution >= 4 is 6.29 Å². The molecular formula is C17H14CuN2O2. The van der Waals surface area contributed by atoms with Crippen molar-refractivity contribution in [3.63, 3.8) is 0 Å². The summed E-state index contributed by atoms with van der Waals surface area (Å²) < 4.78 is 0. The van der Waals surface area contributed by atoms with Gasteiger partial charge in [0.15, 0.2) is 6.29 Å². The van der Waals surface area contributed by atoms with Crippen LogP contribution in [0.5, 0.6) is 5.75 Å². The number of para-hydroxylation sites is 1. The quantitative estimate of drug-likeness (QED) is 0.420. The van der Waals surface area contributed by atoms with Crippen LogP contribution in [0.4, 0.5) is 0 Å². The maximum absolute atomic E-state index is 10.1. The van der Waals surface area contributed by atoms with Gasteiger partial charge in [0.2, 0.25) is 0 Å². The summed E-state index contributed by atoms with van der Waals surface area (Å²) in [7, 11) is 0. The number of carbonyl (C=O) groups is 1. The van der Waals surface area contributed by atoms with Crippen LogP contribution in [0.25, 0.3) is 0 Å². The number of phenolic OH excluding ortho intramolecular Hbond substituents is 1. The van der Waals surface area contributed by atoms with Crippen molar-refractivity contribution in [3.05, 3.63) is 91.0 Å². The second kappa shape index (κ2) is 13.5. The fourth-order valence-corrected chi connectivity index (χ4v) is 1.14. The van der Waals surface area contributed by atoms with E-state index in [0.717, 1.165) is 0 Å². The Labute approximate surface area is 140 Å². The number of hydrogen-bond donors (Lipinski definition) is 1. The first-order valence-electron chi connectivity index (χ1n) is 6.12. The summed E-state index contributed by atoms with van der Waals surface area (Å²) in [5.74, 6) is 0.0347. The van der Waals surface area contributed by atoms with E-state index >= 15 is 0 Å². The molecule has 1 radical (unpaired) electrons. The molecule has 115 valence electrons. The fraction of sp³-hybridized carbons (Fsp3) is 0. The van der Waals surface area contributed by atoms with Crippen LogP contribution in [0.3, 0.4) is 0 Å². The van der Waals surface area contributed by atoms with Crippen molar-refractivity contribution in [2.75, 3.05) is 0 Å². The molecular weight excluding hydrogens is 328 g/mol. The third-order valence-corrected chi connectivity index (χ3v) is 2.10. The maximum Gasteiger partial charge on any atom is 2.00 e. The molecule has 0 saturated carbocycles. The van der Waals surface area contributed by atoms with Gasteiger partial charge in [0.1, 0.15) is 5.75 Å². The zero-order chi connectivity index (χ0) is 15.2. The fourth-order valence-electron chi connectivity index (χ4n) is 1.14. The Hall–Kier alpha value is -2.49. The minimum atomic E-state index is 0. The molecule has 3 aromatic rings. The van der Waals surface area contributed by atoms with E-state index in [1.807, 2.05) is 24.3 Å². The van der Waals surface area contributed by atoms with Gasteiger partial charge in [0, 0.05) is 0 Å². The number of rotatable bonds is 1. The minimum Gasteiger partial charge on any atom is -0.507 e. The van der Waals surface area contributed by atoms with Crippen LogP contribution in [-0.2, 0) is 17.1 Å². The summed E-state index contributed by atoms with van der Waals surface area (Å²) in [6.45, 7) is 0. The van der Waals surface area contributed by atoms with Crippen LogP contribution in [0.2, 0.25) is 0 Å². The van der Waals surface area contributed by atoms with E-state index in [2.05, 4.69) is 22.4 Å². The standard InChI is InChI=1S/C7H6O2.2C5H4N.Cu/c8-5-6-3-1-2-4-7(6)9;2*1-2-4-6-5-3-1;/h1-5,9H;2*1-4H;/q;2*-1;+2. The second-order valence-corrected chi connectivity index (χ2v) is 3.59. The Morgan fingerprint density at radius 3 is 1.64 bits per heavy atom. The van der Waals surface area contributed by atoms with E-state index in [0.29, 0.717) is 11.8 Å². The van der Waals surface area contributed by atoms with Crippen molar-refractivity contribution in [1.29, 1.82) is 0 Å². The van der Waals surface area contributed by atoms with Gasteiger partial charge < -0.3 is 15.1 Å². The number of phenols is 1. The van der Waals surface area contributed by atoms with Crippen molar-refractivity contribution < 1.29 is 27.0 Å². The number of aromatic nitrogens is 2. The number of carbonyl (C=O) groups excluding carboxylic acids is 1.